The highest BCUT2D eigenvalue weighted by Crippen LogP contribution is 2.18. The lowest BCUT2D eigenvalue weighted by molar-refractivity contribution is -0.126. The summed E-state index contributed by atoms with van der Waals surface area (Å²) in [7, 11) is 0. The molecule has 3 amide bonds. The van der Waals surface area contributed by atoms with E-state index >= 15 is 0 Å². The van der Waals surface area contributed by atoms with E-state index in [-0.39, 0.29) is 23.8 Å². The van der Waals surface area contributed by atoms with E-state index in [0.717, 1.165) is 5.56 Å². The Morgan fingerprint density at radius 3 is 2.60 bits per heavy atom. The van der Waals surface area contributed by atoms with Crippen molar-refractivity contribution in [2.75, 3.05) is 25.0 Å². The summed E-state index contributed by atoms with van der Waals surface area (Å²) in [4.78, 5) is 36.7. The number of benzene rings is 1. The van der Waals surface area contributed by atoms with E-state index in [0.29, 0.717) is 44.8 Å². The Kier molecular flexibility index (Phi) is 6.80. The van der Waals surface area contributed by atoms with E-state index in [9.17, 15) is 14.4 Å². The second-order valence-corrected chi connectivity index (χ2v) is 6.06. The Labute approximate surface area is 147 Å². The number of nitrogens with one attached hydrogen (secondary N) is 2. The number of carbonyl (C=O) groups is 3. The molecule has 1 aliphatic rings. The molecule has 0 unspecified atom stereocenters. The number of likely N-dealkylation sites (tertiary alicyclic amines) is 1. The van der Waals surface area contributed by atoms with Crippen LogP contribution in [0.25, 0.3) is 0 Å². The number of hydrogen-bond donors (Lipinski definition) is 2. The molecular weight excluding hydrogens is 322 g/mol. The number of ether oxygens (including phenoxy) is 1. The Morgan fingerprint density at radius 2 is 1.96 bits per heavy atom. The molecule has 1 aromatic carbocycles. The van der Waals surface area contributed by atoms with Crippen LogP contribution in [-0.2, 0) is 20.9 Å². The van der Waals surface area contributed by atoms with Gasteiger partial charge in [0.25, 0.3) is 0 Å². The maximum Gasteiger partial charge on any atom is 0.409 e. The summed E-state index contributed by atoms with van der Waals surface area (Å²) in [5.41, 5.74) is 1.63. The lowest BCUT2D eigenvalue weighted by Gasteiger charge is -2.30. The molecule has 1 aromatic rings. The molecule has 25 heavy (non-hydrogen) atoms. The minimum Gasteiger partial charge on any atom is -0.450 e. The van der Waals surface area contributed by atoms with Gasteiger partial charge in [-0.3, -0.25) is 9.59 Å². The number of nitrogens with zero attached hydrogens (tertiary/aromatic N) is 1. The summed E-state index contributed by atoms with van der Waals surface area (Å²) >= 11 is 0. The fourth-order valence-electron chi connectivity index (χ4n) is 2.83. The van der Waals surface area contributed by atoms with E-state index < -0.39 is 0 Å². The van der Waals surface area contributed by atoms with Crippen LogP contribution in [0.3, 0.4) is 0 Å². The van der Waals surface area contributed by atoms with Gasteiger partial charge in [0.2, 0.25) is 11.8 Å². The van der Waals surface area contributed by atoms with Crippen molar-refractivity contribution in [1.82, 2.24) is 10.2 Å². The van der Waals surface area contributed by atoms with Crippen LogP contribution in [0.15, 0.2) is 24.3 Å². The molecule has 7 heteroatoms. The van der Waals surface area contributed by atoms with Crippen LogP contribution < -0.4 is 10.6 Å². The first-order valence-corrected chi connectivity index (χ1v) is 8.55. The molecule has 1 heterocycles. The largest absolute Gasteiger partial charge is 0.450 e. The summed E-state index contributed by atoms with van der Waals surface area (Å²) in [6, 6.07) is 7.38. The fraction of sp³-hybridized carbons (Fsp3) is 0.500. The molecule has 0 bridgehead atoms. The van der Waals surface area contributed by atoms with Gasteiger partial charge in [0.05, 0.1) is 6.61 Å². The van der Waals surface area contributed by atoms with Crippen LogP contribution in [0.4, 0.5) is 10.5 Å². The van der Waals surface area contributed by atoms with E-state index in [2.05, 4.69) is 10.6 Å². The molecule has 0 aromatic heterocycles. The van der Waals surface area contributed by atoms with Crippen LogP contribution >= 0.6 is 0 Å². The average Bonchev–Trinajstić information content (AvgIpc) is 2.60. The summed E-state index contributed by atoms with van der Waals surface area (Å²) in [5, 5.41) is 5.65. The second kappa shape index (κ2) is 9.05. The van der Waals surface area contributed by atoms with Gasteiger partial charge in [-0.2, -0.15) is 0 Å². The Hall–Kier alpha value is -2.57. The van der Waals surface area contributed by atoms with E-state index in [4.69, 9.17) is 4.74 Å². The number of carbonyl (C=O) groups excluding carboxylic acids is 3. The summed E-state index contributed by atoms with van der Waals surface area (Å²) in [5.74, 6) is -0.229. The molecule has 0 radical (unpaired) electrons. The number of amides is 3. The molecule has 0 aliphatic carbocycles. The maximum atomic E-state index is 12.3. The maximum absolute atomic E-state index is 12.3. The van der Waals surface area contributed by atoms with Gasteiger partial charge >= 0.3 is 6.09 Å². The van der Waals surface area contributed by atoms with Crippen LogP contribution in [0.2, 0.25) is 0 Å². The van der Waals surface area contributed by atoms with Crippen molar-refractivity contribution >= 4 is 23.6 Å². The first-order chi connectivity index (χ1) is 12.0. The molecule has 1 aliphatic heterocycles. The Morgan fingerprint density at radius 1 is 1.24 bits per heavy atom. The zero-order chi connectivity index (χ0) is 18.2. The van der Waals surface area contributed by atoms with Gasteiger partial charge in [-0.25, -0.2) is 4.79 Å². The lowest BCUT2D eigenvalue weighted by atomic mass is 9.96. The third-order valence-corrected chi connectivity index (χ3v) is 4.11. The number of piperidine rings is 1. The zero-order valence-electron chi connectivity index (χ0n) is 14.7. The topological polar surface area (TPSA) is 87.7 Å². The van der Waals surface area contributed by atoms with Crippen molar-refractivity contribution in [3.63, 3.8) is 0 Å². The van der Waals surface area contributed by atoms with Crippen molar-refractivity contribution in [3.05, 3.63) is 29.8 Å². The fourth-order valence-corrected chi connectivity index (χ4v) is 2.83. The van der Waals surface area contributed by atoms with Crippen LogP contribution in [0.5, 0.6) is 0 Å². The minimum absolute atomic E-state index is 0.00607. The van der Waals surface area contributed by atoms with E-state index in [1.165, 1.54) is 6.92 Å². The van der Waals surface area contributed by atoms with E-state index in [1.54, 1.807) is 17.9 Å². The highest BCUT2D eigenvalue weighted by Gasteiger charge is 2.27. The number of hydrogen-bond acceptors (Lipinski definition) is 4. The smallest absolute Gasteiger partial charge is 0.409 e. The molecule has 0 saturated carbocycles. The number of rotatable bonds is 5. The van der Waals surface area contributed by atoms with E-state index in [1.807, 2.05) is 18.2 Å². The second-order valence-electron chi connectivity index (χ2n) is 6.06. The van der Waals surface area contributed by atoms with Gasteiger partial charge in [-0.05, 0) is 37.5 Å². The normalized spacial score (nSPS) is 14.7. The number of anilines is 1. The highest BCUT2D eigenvalue weighted by molar-refractivity contribution is 5.88. The third kappa shape index (κ3) is 5.77. The van der Waals surface area contributed by atoms with Crippen molar-refractivity contribution in [2.45, 2.75) is 33.2 Å². The van der Waals surface area contributed by atoms with Crippen molar-refractivity contribution in [2.24, 2.45) is 5.92 Å². The van der Waals surface area contributed by atoms with Crippen molar-refractivity contribution in [1.29, 1.82) is 0 Å². The predicted molar refractivity (Wildman–Crippen MR) is 93.9 cm³/mol. The molecule has 2 rings (SSSR count). The summed E-state index contributed by atoms with van der Waals surface area (Å²) < 4.78 is 4.98. The first kappa shape index (κ1) is 18.8. The monoisotopic (exact) mass is 347 g/mol. The molecule has 0 atom stereocenters. The van der Waals surface area contributed by atoms with Gasteiger partial charge in [0.1, 0.15) is 0 Å². The third-order valence-electron chi connectivity index (χ3n) is 4.11. The van der Waals surface area contributed by atoms with Gasteiger partial charge in [0.15, 0.2) is 0 Å². The van der Waals surface area contributed by atoms with Crippen LogP contribution in [0.1, 0.15) is 32.3 Å². The van der Waals surface area contributed by atoms with Gasteiger partial charge in [0, 0.05) is 38.2 Å². The zero-order valence-corrected chi connectivity index (χ0v) is 14.7. The quantitative estimate of drug-likeness (QED) is 0.854. The van der Waals surface area contributed by atoms with Gasteiger partial charge in [-0.15, -0.1) is 0 Å². The first-order valence-electron chi connectivity index (χ1n) is 8.55. The molecule has 1 saturated heterocycles. The predicted octanol–water partition coefficient (Wildman–Crippen LogP) is 2.13. The molecule has 1 fully saturated rings. The molecule has 136 valence electrons. The Bertz CT molecular complexity index is 625. The molecular formula is C18H25N3O4. The van der Waals surface area contributed by atoms with Gasteiger partial charge < -0.3 is 20.3 Å². The molecule has 2 N–H and O–H groups in total. The van der Waals surface area contributed by atoms with Crippen LogP contribution in [-0.4, -0.2) is 42.5 Å². The summed E-state index contributed by atoms with van der Waals surface area (Å²) in [6.45, 7) is 5.07. The Balaban J connectivity index is 1.79. The standard InChI is InChI=1S/C18H25N3O4/c1-3-25-18(24)21-9-7-15(8-10-21)17(23)19-12-14-5-4-6-16(11-14)20-13(2)22/h4-6,11,15H,3,7-10,12H2,1-2H3,(H,19,23)(H,20,22). The van der Waals surface area contributed by atoms with Crippen LogP contribution in [0, 0.1) is 5.92 Å². The lowest BCUT2D eigenvalue weighted by Crippen LogP contribution is -2.43. The SMILES string of the molecule is CCOC(=O)N1CCC(C(=O)NCc2cccc(NC(C)=O)c2)CC1. The molecule has 0 spiro atoms. The summed E-state index contributed by atoms with van der Waals surface area (Å²) in [6.07, 6.45) is 0.962. The highest BCUT2D eigenvalue weighted by atomic mass is 16.6. The molecule has 7 nitrogen and oxygen atoms in total. The van der Waals surface area contributed by atoms with Crippen molar-refractivity contribution < 1.29 is 19.1 Å². The van der Waals surface area contributed by atoms with Crippen molar-refractivity contribution in [3.8, 4) is 0 Å². The van der Waals surface area contributed by atoms with Gasteiger partial charge in [-0.1, -0.05) is 12.1 Å². The average molecular weight is 347 g/mol. The minimum atomic E-state index is -0.309.